The summed E-state index contributed by atoms with van der Waals surface area (Å²) >= 11 is 0. The Balaban J connectivity index is 1.27. The molecular weight excluding hydrogens is 448 g/mol. The van der Waals surface area contributed by atoms with Crippen molar-refractivity contribution in [3.05, 3.63) is 23.9 Å². The van der Waals surface area contributed by atoms with Gasteiger partial charge >= 0.3 is 6.09 Å². The number of aryl methyl sites for hydroxylation is 1. The molecule has 10 nitrogen and oxygen atoms in total. The lowest BCUT2D eigenvalue weighted by molar-refractivity contribution is -0.134. The zero-order valence-corrected chi connectivity index (χ0v) is 20.4. The zero-order valence-electron chi connectivity index (χ0n) is 20.4. The molecule has 10 heteroatoms. The average Bonchev–Trinajstić information content (AvgIpc) is 3.17. The quantitative estimate of drug-likeness (QED) is 0.641. The minimum atomic E-state index is -0.824. The monoisotopic (exact) mass is 482 g/mol. The van der Waals surface area contributed by atoms with E-state index in [1.807, 2.05) is 23.9 Å². The maximum atomic E-state index is 12.5. The third kappa shape index (κ3) is 4.59. The van der Waals surface area contributed by atoms with Crippen molar-refractivity contribution in [2.45, 2.75) is 44.6 Å². The number of nitrogens with one attached hydrogen (secondary N) is 1. The van der Waals surface area contributed by atoms with Gasteiger partial charge < -0.3 is 14.9 Å². The number of para-hydroxylation sites is 1. The fourth-order valence-electron chi connectivity index (χ4n) is 5.94. The standard InChI is InChI=1S/C25H34N6O4/c1-16-14-31(25(34)35)13-12-30(16)15-17-8-10-29(11-9-17)20-5-3-4-18-22(27-28(2)23(18)20)19-6-7-21(32)26-24(19)33/h3-5,16-17,19H,6-15H2,1-2H3,(H,34,35)(H,26,32,33)/t16-,19?/m0/s1. The second-order valence-corrected chi connectivity index (χ2v) is 10.2. The van der Waals surface area contributed by atoms with Gasteiger partial charge in [-0.2, -0.15) is 5.10 Å². The lowest BCUT2D eigenvalue weighted by atomic mass is 9.92. The SMILES string of the molecule is C[C@H]1CN(C(=O)O)CCN1CC1CCN(c2cccc3c(C4CCC(=O)NC4=O)nn(C)c23)CC1. The Kier molecular flexibility index (Phi) is 6.39. The van der Waals surface area contributed by atoms with Crippen molar-refractivity contribution in [2.24, 2.45) is 13.0 Å². The highest BCUT2D eigenvalue weighted by Gasteiger charge is 2.33. The van der Waals surface area contributed by atoms with E-state index in [1.54, 1.807) is 0 Å². The van der Waals surface area contributed by atoms with Crippen LogP contribution in [0.5, 0.6) is 0 Å². The van der Waals surface area contributed by atoms with E-state index in [0.717, 1.165) is 61.3 Å². The maximum absolute atomic E-state index is 12.5. The molecule has 3 aliphatic rings. The second-order valence-electron chi connectivity index (χ2n) is 10.2. The van der Waals surface area contributed by atoms with Crippen molar-refractivity contribution < 1.29 is 19.5 Å². The fourth-order valence-corrected chi connectivity index (χ4v) is 5.94. The van der Waals surface area contributed by atoms with Crippen LogP contribution < -0.4 is 10.2 Å². The van der Waals surface area contributed by atoms with Crippen LogP contribution >= 0.6 is 0 Å². The van der Waals surface area contributed by atoms with Gasteiger partial charge in [0.05, 0.1) is 22.8 Å². The number of fused-ring (bicyclic) bond motifs is 1. The first-order valence-corrected chi connectivity index (χ1v) is 12.6. The molecule has 2 N–H and O–H groups in total. The fraction of sp³-hybridized carbons (Fsp3) is 0.600. The number of carbonyl (C=O) groups is 3. The largest absolute Gasteiger partial charge is 0.465 e. The van der Waals surface area contributed by atoms with Crippen LogP contribution in [-0.4, -0.2) is 87.9 Å². The summed E-state index contributed by atoms with van der Waals surface area (Å²) in [6.45, 7) is 6.98. The summed E-state index contributed by atoms with van der Waals surface area (Å²) in [5.74, 6) is -0.282. The number of nitrogens with zero attached hydrogens (tertiary/aromatic N) is 5. The molecule has 0 saturated carbocycles. The molecule has 2 atom stereocenters. The number of anilines is 1. The third-order valence-electron chi connectivity index (χ3n) is 7.92. The lowest BCUT2D eigenvalue weighted by Crippen LogP contribution is -2.54. The highest BCUT2D eigenvalue weighted by Crippen LogP contribution is 2.36. The van der Waals surface area contributed by atoms with Crippen molar-refractivity contribution >= 4 is 34.5 Å². The molecule has 35 heavy (non-hydrogen) atoms. The number of rotatable bonds is 4. The molecule has 1 aromatic heterocycles. The molecular formula is C25H34N6O4. The Morgan fingerprint density at radius 2 is 1.91 bits per heavy atom. The van der Waals surface area contributed by atoms with Crippen LogP contribution in [0.15, 0.2) is 18.2 Å². The van der Waals surface area contributed by atoms with Crippen molar-refractivity contribution in [1.29, 1.82) is 0 Å². The minimum Gasteiger partial charge on any atom is -0.465 e. The van der Waals surface area contributed by atoms with E-state index in [9.17, 15) is 19.5 Å². The normalized spacial score (nSPS) is 24.7. The van der Waals surface area contributed by atoms with E-state index in [4.69, 9.17) is 5.10 Å². The van der Waals surface area contributed by atoms with Gasteiger partial charge in [0.25, 0.3) is 0 Å². The van der Waals surface area contributed by atoms with Crippen LogP contribution in [0.3, 0.4) is 0 Å². The summed E-state index contributed by atoms with van der Waals surface area (Å²) in [4.78, 5) is 41.7. The van der Waals surface area contributed by atoms with Gasteiger partial charge in [-0.05, 0) is 38.2 Å². The smallest absolute Gasteiger partial charge is 0.407 e. The highest BCUT2D eigenvalue weighted by molar-refractivity contribution is 6.03. The number of carboxylic acid groups (broad SMARTS) is 1. The van der Waals surface area contributed by atoms with E-state index in [-0.39, 0.29) is 17.9 Å². The first-order chi connectivity index (χ1) is 16.8. The topological polar surface area (TPSA) is 111 Å². The molecule has 0 spiro atoms. The number of benzene rings is 1. The number of hydrogen-bond acceptors (Lipinski definition) is 6. The number of carbonyl (C=O) groups excluding carboxylic acids is 2. The maximum Gasteiger partial charge on any atom is 0.407 e. The summed E-state index contributed by atoms with van der Waals surface area (Å²) in [7, 11) is 1.92. The van der Waals surface area contributed by atoms with Gasteiger partial charge in [0.1, 0.15) is 0 Å². The van der Waals surface area contributed by atoms with E-state index in [0.29, 0.717) is 31.8 Å². The van der Waals surface area contributed by atoms with Crippen LogP contribution in [0.2, 0.25) is 0 Å². The lowest BCUT2D eigenvalue weighted by Gasteiger charge is -2.42. The number of piperazine rings is 1. The zero-order chi connectivity index (χ0) is 24.7. The molecule has 3 aliphatic heterocycles. The van der Waals surface area contributed by atoms with Crippen molar-refractivity contribution in [3.63, 3.8) is 0 Å². The van der Waals surface area contributed by atoms with Crippen molar-refractivity contribution in [2.75, 3.05) is 44.2 Å². The van der Waals surface area contributed by atoms with Crippen molar-refractivity contribution in [3.8, 4) is 0 Å². The molecule has 0 radical (unpaired) electrons. The highest BCUT2D eigenvalue weighted by atomic mass is 16.4. The van der Waals surface area contributed by atoms with Crippen molar-refractivity contribution in [1.82, 2.24) is 24.9 Å². The van der Waals surface area contributed by atoms with E-state index in [2.05, 4.69) is 28.1 Å². The molecule has 1 unspecified atom stereocenters. The van der Waals surface area contributed by atoms with Crippen LogP contribution in [0, 0.1) is 5.92 Å². The van der Waals surface area contributed by atoms with E-state index >= 15 is 0 Å². The Morgan fingerprint density at radius 1 is 1.14 bits per heavy atom. The molecule has 1 aromatic carbocycles. The predicted molar refractivity (Wildman–Crippen MR) is 131 cm³/mol. The predicted octanol–water partition coefficient (Wildman–Crippen LogP) is 1.99. The van der Waals surface area contributed by atoms with Crippen LogP contribution in [0.25, 0.3) is 10.9 Å². The summed E-state index contributed by atoms with van der Waals surface area (Å²) in [6, 6.07) is 6.43. The van der Waals surface area contributed by atoms with Crippen LogP contribution in [0.4, 0.5) is 10.5 Å². The Labute approximate surface area is 204 Å². The van der Waals surface area contributed by atoms with Crippen LogP contribution in [0.1, 0.15) is 44.2 Å². The molecule has 0 aliphatic carbocycles. The summed E-state index contributed by atoms with van der Waals surface area (Å²) in [5.41, 5.74) is 2.92. The molecule has 3 saturated heterocycles. The number of piperidine rings is 2. The van der Waals surface area contributed by atoms with E-state index < -0.39 is 12.0 Å². The first kappa shape index (κ1) is 23.6. The number of imide groups is 1. The number of aromatic nitrogens is 2. The van der Waals surface area contributed by atoms with Gasteiger partial charge in [-0.1, -0.05) is 12.1 Å². The van der Waals surface area contributed by atoms with Crippen LogP contribution in [-0.2, 0) is 16.6 Å². The average molecular weight is 483 g/mol. The van der Waals surface area contributed by atoms with Gasteiger partial charge in [0.15, 0.2) is 0 Å². The summed E-state index contributed by atoms with van der Waals surface area (Å²) in [5, 5.41) is 17.4. The van der Waals surface area contributed by atoms with Gasteiger partial charge in [-0.3, -0.25) is 24.5 Å². The molecule has 4 heterocycles. The Hall–Kier alpha value is -3.14. The number of hydrogen-bond donors (Lipinski definition) is 2. The second kappa shape index (κ2) is 9.49. The summed E-state index contributed by atoms with van der Waals surface area (Å²) < 4.78 is 1.87. The third-order valence-corrected chi connectivity index (χ3v) is 7.92. The minimum absolute atomic E-state index is 0.215. The van der Waals surface area contributed by atoms with Gasteiger partial charge in [0, 0.05) is 64.2 Å². The van der Waals surface area contributed by atoms with Gasteiger partial charge in [-0.25, -0.2) is 4.79 Å². The van der Waals surface area contributed by atoms with Gasteiger partial charge in [0.2, 0.25) is 11.8 Å². The molecule has 2 aromatic rings. The van der Waals surface area contributed by atoms with Gasteiger partial charge in [-0.15, -0.1) is 0 Å². The Bertz CT molecular complexity index is 1140. The molecule has 3 amide bonds. The first-order valence-electron chi connectivity index (χ1n) is 12.6. The molecule has 3 fully saturated rings. The molecule has 5 rings (SSSR count). The van der Waals surface area contributed by atoms with E-state index in [1.165, 1.54) is 4.90 Å². The summed E-state index contributed by atoms with van der Waals surface area (Å²) in [6.07, 6.45) is 2.17. The Morgan fingerprint density at radius 3 is 2.60 bits per heavy atom. The number of amides is 3. The molecule has 188 valence electrons. The molecule has 0 bridgehead atoms.